The number of anilines is 1. The van der Waals surface area contributed by atoms with Crippen LogP contribution in [0.3, 0.4) is 0 Å². The lowest BCUT2D eigenvalue weighted by Crippen LogP contribution is -2.17. The number of amides is 1. The van der Waals surface area contributed by atoms with Crippen molar-refractivity contribution in [3.8, 4) is 5.75 Å². The number of carbonyl (C=O) groups is 1. The van der Waals surface area contributed by atoms with Crippen LogP contribution in [0.5, 0.6) is 5.75 Å². The Morgan fingerprint density at radius 3 is 2.76 bits per heavy atom. The average Bonchev–Trinajstić information content (AvgIpc) is 2.79. The first-order valence-corrected chi connectivity index (χ1v) is 6.60. The van der Waals surface area contributed by atoms with E-state index in [-0.39, 0.29) is 0 Å². The Hall–Kier alpha value is -2.82. The van der Waals surface area contributed by atoms with Gasteiger partial charge >= 0.3 is 6.09 Å². The lowest BCUT2D eigenvalue weighted by atomic mass is 10.1. The van der Waals surface area contributed by atoms with E-state index in [1.54, 1.807) is 16.8 Å². The van der Waals surface area contributed by atoms with Gasteiger partial charge in [-0.25, -0.2) is 4.79 Å². The summed E-state index contributed by atoms with van der Waals surface area (Å²) in [7, 11) is 1.87. The number of aromatic nitrogens is 2. The molecule has 5 nitrogen and oxygen atoms in total. The van der Waals surface area contributed by atoms with Gasteiger partial charge in [-0.15, -0.1) is 0 Å². The third-order valence-corrected chi connectivity index (χ3v) is 3.16. The van der Waals surface area contributed by atoms with Crippen molar-refractivity contribution in [2.45, 2.75) is 6.92 Å². The van der Waals surface area contributed by atoms with E-state index in [9.17, 15) is 4.79 Å². The Morgan fingerprint density at radius 1 is 1.24 bits per heavy atom. The first kappa shape index (κ1) is 13.2. The fraction of sp³-hybridized carbons (Fsp3) is 0.125. The number of fused-ring (bicyclic) bond motifs is 1. The molecule has 1 N–H and O–H groups in total. The molecule has 0 bridgehead atoms. The van der Waals surface area contributed by atoms with Crippen LogP contribution in [0, 0.1) is 6.92 Å². The predicted octanol–water partition coefficient (Wildman–Crippen LogP) is 3.49. The number of rotatable bonds is 2. The number of hydrogen-bond donors (Lipinski definition) is 1. The molecule has 0 fully saturated rings. The first-order chi connectivity index (χ1) is 10.1. The molecular weight excluding hydrogens is 266 g/mol. The molecule has 5 heteroatoms. The molecule has 0 saturated heterocycles. The average molecular weight is 281 g/mol. The number of para-hydroxylation sites is 1. The summed E-state index contributed by atoms with van der Waals surface area (Å²) in [5.41, 5.74) is 2.56. The van der Waals surface area contributed by atoms with Gasteiger partial charge in [-0.05, 0) is 36.8 Å². The molecule has 1 heterocycles. The Balaban J connectivity index is 1.80. The summed E-state index contributed by atoms with van der Waals surface area (Å²) in [6, 6.07) is 12.8. The van der Waals surface area contributed by atoms with Crippen LogP contribution in [0.1, 0.15) is 5.56 Å². The Morgan fingerprint density at radius 2 is 2.00 bits per heavy atom. The lowest BCUT2D eigenvalue weighted by molar-refractivity contribution is 0.215. The van der Waals surface area contributed by atoms with Crippen LogP contribution in [0.25, 0.3) is 10.9 Å². The van der Waals surface area contributed by atoms with Crippen molar-refractivity contribution in [1.82, 2.24) is 9.78 Å². The zero-order valence-corrected chi connectivity index (χ0v) is 11.8. The van der Waals surface area contributed by atoms with Crippen LogP contribution in [0.2, 0.25) is 0 Å². The van der Waals surface area contributed by atoms with Crippen molar-refractivity contribution in [3.05, 3.63) is 54.2 Å². The highest BCUT2D eigenvalue weighted by molar-refractivity contribution is 5.92. The summed E-state index contributed by atoms with van der Waals surface area (Å²) in [5, 5.41) is 8.07. The second kappa shape index (κ2) is 5.28. The van der Waals surface area contributed by atoms with E-state index in [0.717, 1.165) is 22.2 Å². The lowest BCUT2D eigenvalue weighted by Gasteiger charge is -2.09. The first-order valence-electron chi connectivity index (χ1n) is 6.60. The normalized spacial score (nSPS) is 10.6. The molecule has 0 aliphatic carbocycles. The molecule has 2 aromatic carbocycles. The summed E-state index contributed by atoms with van der Waals surface area (Å²) in [5.74, 6) is 0.509. The fourth-order valence-corrected chi connectivity index (χ4v) is 2.17. The van der Waals surface area contributed by atoms with E-state index in [4.69, 9.17) is 4.74 Å². The smallest absolute Gasteiger partial charge is 0.410 e. The van der Waals surface area contributed by atoms with E-state index < -0.39 is 6.09 Å². The maximum atomic E-state index is 11.9. The van der Waals surface area contributed by atoms with Gasteiger partial charge in [-0.3, -0.25) is 10.00 Å². The van der Waals surface area contributed by atoms with E-state index in [2.05, 4.69) is 10.4 Å². The number of hydrogen-bond acceptors (Lipinski definition) is 3. The second-order valence-corrected chi connectivity index (χ2v) is 4.86. The van der Waals surface area contributed by atoms with Crippen LogP contribution in [-0.2, 0) is 7.05 Å². The fourth-order valence-electron chi connectivity index (χ4n) is 2.17. The van der Waals surface area contributed by atoms with Gasteiger partial charge < -0.3 is 4.74 Å². The summed E-state index contributed by atoms with van der Waals surface area (Å²) < 4.78 is 6.97. The van der Waals surface area contributed by atoms with E-state index in [0.29, 0.717) is 5.75 Å². The van der Waals surface area contributed by atoms with Crippen LogP contribution < -0.4 is 10.1 Å². The van der Waals surface area contributed by atoms with Crippen LogP contribution >= 0.6 is 0 Å². The Labute approximate surface area is 122 Å². The number of nitrogens with one attached hydrogen (secondary N) is 1. The predicted molar refractivity (Wildman–Crippen MR) is 81.5 cm³/mol. The molecule has 0 atom stereocenters. The number of aryl methyl sites for hydroxylation is 2. The van der Waals surface area contributed by atoms with Crippen molar-refractivity contribution in [3.63, 3.8) is 0 Å². The van der Waals surface area contributed by atoms with Gasteiger partial charge in [0.1, 0.15) is 5.75 Å². The Bertz CT molecular complexity index is 794. The largest absolute Gasteiger partial charge is 0.417 e. The topological polar surface area (TPSA) is 56.2 Å². The molecule has 0 saturated carbocycles. The van der Waals surface area contributed by atoms with E-state index in [1.165, 1.54) is 0 Å². The minimum absolute atomic E-state index is 0.507. The van der Waals surface area contributed by atoms with Crippen LogP contribution in [-0.4, -0.2) is 15.9 Å². The molecule has 0 radical (unpaired) electrons. The molecule has 0 unspecified atom stereocenters. The van der Waals surface area contributed by atoms with Gasteiger partial charge in [-0.2, -0.15) is 5.10 Å². The monoisotopic (exact) mass is 281 g/mol. The van der Waals surface area contributed by atoms with Crippen LogP contribution in [0.15, 0.2) is 48.7 Å². The van der Waals surface area contributed by atoms with Gasteiger partial charge in [0, 0.05) is 24.3 Å². The van der Waals surface area contributed by atoms with Gasteiger partial charge in [0.2, 0.25) is 0 Å². The third kappa shape index (κ3) is 2.86. The molecule has 1 aromatic heterocycles. The number of nitrogens with zero attached hydrogens (tertiary/aromatic N) is 2. The molecular formula is C16H15N3O2. The number of benzene rings is 2. The molecule has 0 aliphatic rings. The standard InChI is InChI=1S/C16H15N3O2/c1-11-8-15-12(10-19(2)18-15)9-14(11)17-16(20)21-13-6-4-3-5-7-13/h3-10H,1-2H3,(H,17,20). The summed E-state index contributed by atoms with van der Waals surface area (Å²) in [6.07, 6.45) is 1.40. The van der Waals surface area contributed by atoms with E-state index >= 15 is 0 Å². The highest BCUT2D eigenvalue weighted by Gasteiger charge is 2.09. The zero-order chi connectivity index (χ0) is 14.8. The van der Waals surface area contributed by atoms with Gasteiger partial charge in [0.15, 0.2) is 0 Å². The van der Waals surface area contributed by atoms with E-state index in [1.807, 2.05) is 50.5 Å². The quantitative estimate of drug-likeness (QED) is 0.782. The Kier molecular flexibility index (Phi) is 3.31. The maximum absolute atomic E-state index is 11.9. The zero-order valence-electron chi connectivity index (χ0n) is 11.8. The van der Waals surface area contributed by atoms with Gasteiger partial charge in [0.05, 0.1) is 5.52 Å². The second-order valence-electron chi connectivity index (χ2n) is 4.86. The minimum Gasteiger partial charge on any atom is -0.410 e. The summed E-state index contributed by atoms with van der Waals surface area (Å²) >= 11 is 0. The molecule has 1 amide bonds. The van der Waals surface area contributed by atoms with Crippen molar-refractivity contribution in [2.24, 2.45) is 7.05 Å². The number of ether oxygens (including phenoxy) is 1. The highest BCUT2D eigenvalue weighted by Crippen LogP contribution is 2.23. The molecule has 3 aromatic rings. The highest BCUT2D eigenvalue weighted by atomic mass is 16.6. The van der Waals surface area contributed by atoms with Crippen LogP contribution in [0.4, 0.5) is 10.5 Å². The maximum Gasteiger partial charge on any atom is 0.417 e. The molecule has 0 spiro atoms. The third-order valence-electron chi connectivity index (χ3n) is 3.16. The number of carbonyl (C=O) groups excluding carboxylic acids is 1. The summed E-state index contributed by atoms with van der Waals surface area (Å²) in [6.45, 7) is 1.92. The molecule has 0 aliphatic heterocycles. The molecule has 3 rings (SSSR count). The van der Waals surface area contributed by atoms with Crippen molar-refractivity contribution in [1.29, 1.82) is 0 Å². The molecule has 21 heavy (non-hydrogen) atoms. The van der Waals surface area contributed by atoms with Crippen molar-refractivity contribution < 1.29 is 9.53 Å². The molecule has 106 valence electrons. The SMILES string of the molecule is Cc1cc2nn(C)cc2cc1NC(=O)Oc1ccccc1. The summed E-state index contributed by atoms with van der Waals surface area (Å²) in [4.78, 5) is 11.9. The van der Waals surface area contributed by atoms with Crippen molar-refractivity contribution in [2.75, 3.05) is 5.32 Å². The van der Waals surface area contributed by atoms with Gasteiger partial charge in [-0.1, -0.05) is 18.2 Å². The van der Waals surface area contributed by atoms with Crippen molar-refractivity contribution >= 4 is 22.7 Å². The van der Waals surface area contributed by atoms with Gasteiger partial charge in [0.25, 0.3) is 0 Å². The minimum atomic E-state index is -0.507.